The zero-order valence-corrected chi connectivity index (χ0v) is 18.6. The molecule has 4 rings (SSSR count). The van der Waals surface area contributed by atoms with Crippen LogP contribution < -0.4 is 16.4 Å². The lowest BCUT2D eigenvalue weighted by Crippen LogP contribution is -2.42. The van der Waals surface area contributed by atoms with Gasteiger partial charge in [0, 0.05) is 24.2 Å². The topological polar surface area (TPSA) is 98.1 Å². The molecule has 4 N–H and O–H groups in total. The van der Waals surface area contributed by atoms with Crippen LogP contribution in [0.15, 0.2) is 34.2 Å². The average Bonchev–Trinajstić information content (AvgIpc) is 3.09. The van der Waals surface area contributed by atoms with E-state index in [1.54, 1.807) is 0 Å². The molecule has 1 aliphatic heterocycles. The van der Waals surface area contributed by atoms with Gasteiger partial charge in [0.2, 0.25) is 0 Å². The fraction of sp³-hybridized carbons (Fsp3) is 0.500. The number of anilines is 2. The first-order valence-corrected chi connectivity index (χ1v) is 11.5. The molecule has 1 aliphatic carbocycles. The largest absolute Gasteiger partial charge is 0.434 e. The van der Waals surface area contributed by atoms with Crippen molar-refractivity contribution in [3.05, 3.63) is 35.7 Å². The summed E-state index contributed by atoms with van der Waals surface area (Å²) in [5.74, 6) is 0.453. The number of aromatic nitrogens is 2. The molecule has 6 nitrogen and oxygen atoms in total. The summed E-state index contributed by atoms with van der Waals surface area (Å²) in [5, 5.41) is 0. The third-order valence-electron chi connectivity index (χ3n) is 6.94. The summed E-state index contributed by atoms with van der Waals surface area (Å²) in [7, 11) is 0. The Hall–Kier alpha value is -2.49. The van der Waals surface area contributed by atoms with Crippen LogP contribution in [0.25, 0.3) is 0 Å². The number of pyridine rings is 2. The van der Waals surface area contributed by atoms with Gasteiger partial charge in [-0.3, -0.25) is 9.78 Å². The molecule has 1 spiro atoms. The first kappa shape index (κ1) is 22.7. The van der Waals surface area contributed by atoms with Crippen LogP contribution in [-0.4, -0.2) is 29.0 Å². The molecule has 32 heavy (non-hydrogen) atoms. The van der Waals surface area contributed by atoms with Crippen LogP contribution in [0.5, 0.6) is 0 Å². The van der Waals surface area contributed by atoms with Crippen LogP contribution in [0, 0.1) is 11.3 Å². The van der Waals surface area contributed by atoms with E-state index in [2.05, 4.69) is 16.9 Å². The van der Waals surface area contributed by atoms with Gasteiger partial charge < -0.3 is 16.4 Å². The first-order chi connectivity index (χ1) is 15.1. The molecule has 1 amide bonds. The van der Waals surface area contributed by atoms with Crippen LogP contribution in [-0.2, 0) is 6.18 Å². The molecular formula is C22H26F3N5OS. The second kappa shape index (κ2) is 8.46. The molecule has 3 heterocycles. The van der Waals surface area contributed by atoms with Crippen LogP contribution in [0.4, 0.5) is 24.8 Å². The number of amides is 1. The van der Waals surface area contributed by atoms with E-state index >= 15 is 0 Å². The lowest BCUT2D eigenvalue weighted by atomic mass is 9.71. The van der Waals surface area contributed by atoms with E-state index in [0.717, 1.165) is 43.9 Å². The molecule has 1 atom stereocenters. The van der Waals surface area contributed by atoms with Crippen molar-refractivity contribution in [1.82, 2.24) is 9.97 Å². The minimum atomic E-state index is -4.61. The normalized spacial score (nSPS) is 20.6. The Morgan fingerprint density at radius 1 is 1.25 bits per heavy atom. The predicted octanol–water partition coefficient (Wildman–Crippen LogP) is 4.73. The summed E-state index contributed by atoms with van der Waals surface area (Å²) in [4.78, 5) is 22.2. The number of primary amides is 1. The molecule has 2 aromatic rings. The summed E-state index contributed by atoms with van der Waals surface area (Å²) in [6.07, 6.45) is 2.21. The van der Waals surface area contributed by atoms with Gasteiger partial charge in [-0.1, -0.05) is 31.5 Å². The van der Waals surface area contributed by atoms with E-state index in [9.17, 15) is 18.0 Å². The predicted molar refractivity (Wildman–Crippen MR) is 117 cm³/mol. The lowest BCUT2D eigenvalue weighted by molar-refractivity contribution is -0.143. The van der Waals surface area contributed by atoms with Crippen molar-refractivity contribution in [3.8, 4) is 0 Å². The third-order valence-corrected chi connectivity index (χ3v) is 8.03. The third kappa shape index (κ3) is 4.24. The zero-order valence-electron chi connectivity index (χ0n) is 17.8. The number of halogens is 3. The minimum absolute atomic E-state index is 0.0569. The number of hydrogen-bond donors (Lipinski definition) is 2. The molecule has 0 unspecified atom stereocenters. The highest BCUT2D eigenvalue weighted by Crippen LogP contribution is 2.51. The molecule has 2 aromatic heterocycles. The minimum Gasteiger partial charge on any atom is -0.383 e. The van der Waals surface area contributed by atoms with Gasteiger partial charge in [0.15, 0.2) is 5.69 Å². The maximum absolute atomic E-state index is 13.3. The van der Waals surface area contributed by atoms with Crippen LogP contribution >= 0.6 is 11.8 Å². The fourth-order valence-corrected chi connectivity index (χ4v) is 6.00. The SMILES string of the molecule is C[C@@H]1CCCC12CCN(c1nc(N)c(Sc3cccnc3C(F)(F)F)cc1C(N)=O)CC2. The maximum atomic E-state index is 13.3. The van der Waals surface area contributed by atoms with Gasteiger partial charge in [0.05, 0.1) is 10.5 Å². The Bertz CT molecular complexity index is 1020. The van der Waals surface area contributed by atoms with Crippen LogP contribution in [0.2, 0.25) is 0 Å². The quantitative estimate of drug-likeness (QED) is 0.677. The highest BCUT2D eigenvalue weighted by molar-refractivity contribution is 7.99. The lowest BCUT2D eigenvalue weighted by Gasteiger charge is -2.43. The second-order valence-corrected chi connectivity index (χ2v) is 9.78. The summed E-state index contributed by atoms with van der Waals surface area (Å²) < 4.78 is 39.9. The van der Waals surface area contributed by atoms with Crippen LogP contribution in [0.1, 0.15) is 55.1 Å². The summed E-state index contributed by atoms with van der Waals surface area (Å²) in [6, 6.07) is 4.17. The average molecular weight is 466 g/mol. The Labute approximate surface area is 189 Å². The number of rotatable bonds is 4. The van der Waals surface area contributed by atoms with E-state index in [1.165, 1.54) is 37.5 Å². The fourth-order valence-electron chi connectivity index (χ4n) is 5.03. The van der Waals surface area contributed by atoms with E-state index in [1.807, 2.05) is 4.90 Å². The number of nitrogens with two attached hydrogens (primary N) is 2. The van der Waals surface area contributed by atoms with Gasteiger partial charge in [-0.15, -0.1) is 0 Å². The van der Waals surface area contributed by atoms with E-state index < -0.39 is 17.8 Å². The monoisotopic (exact) mass is 465 g/mol. The molecule has 0 bridgehead atoms. The number of carbonyl (C=O) groups is 1. The summed E-state index contributed by atoms with van der Waals surface area (Å²) in [5.41, 5.74) is 11.2. The second-order valence-electron chi connectivity index (χ2n) is 8.70. The number of nitrogens with zero attached hydrogens (tertiary/aromatic N) is 3. The molecule has 172 valence electrons. The Morgan fingerprint density at radius 2 is 1.97 bits per heavy atom. The number of hydrogen-bond acceptors (Lipinski definition) is 6. The summed E-state index contributed by atoms with van der Waals surface area (Å²) >= 11 is 0.774. The maximum Gasteiger partial charge on any atom is 0.434 e. The molecule has 1 saturated heterocycles. The van der Waals surface area contributed by atoms with E-state index in [0.29, 0.717) is 17.2 Å². The molecule has 2 aliphatic rings. The molecule has 0 aromatic carbocycles. The van der Waals surface area contributed by atoms with Gasteiger partial charge in [-0.2, -0.15) is 13.2 Å². The highest BCUT2D eigenvalue weighted by Gasteiger charge is 2.43. The number of piperidine rings is 1. The van der Waals surface area contributed by atoms with E-state index in [4.69, 9.17) is 11.5 Å². The highest BCUT2D eigenvalue weighted by atomic mass is 32.2. The number of alkyl halides is 3. The molecule has 10 heteroatoms. The molecule has 0 radical (unpaired) electrons. The Morgan fingerprint density at radius 3 is 2.56 bits per heavy atom. The Balaban J connectivity index is 1.62. The van der Waals surface area contributed by atoms with Crippen LogP contribution in [0.3, 0.4) is 0 Å². The number of nitrogen functional groups attached to an aromatic ring is 1. The first-order valence-electron chi connectivity index (χ1n) is 10.7. The van der Waals surface area contributed by atoms with Crippen molar-refractivity contribution in [2.45, 2.75) is 55.0 Å². The standard InChI is InChI=1S/C22H26F3N5OS/c1-13-4-2-6-21(13)7-10-30(11-8-21)20-14(19(27)31)12-16(18(26)29-20)32-15-5-3-9-28-17(15)22(23,24)25/h3,5,9,12-13H,2,4,6-8,10-11H2,1H3,(H2,26,29)(H2,27,31)/t13-/m1/s1. The van der Waals surface area contributed by atoms with Crippen molar-refractivity contribution in [1.29, 1.82) is 0 Å². The van der Waals surface area contributed by atoms with Crippen molar-refractivity contribution < 1.29 is 18.0 Å². The molecule has 1 saturated carbocycles. The molecular weight excluding hydrogens is 439 g/mol. The van der Waals surface area contributed by atoms with Gasteiger partial charge in [0.25, 0.3) is 5.91 Å². The zero-order chi connectivity index (χ0) is 23.1. The van der Waals surface area contributed by atoms with Gasteiger partial charge in [-0.25, -0.2) is 4.98 Å². The number of carbonyl (C=O) groups excluding carboxylic acids is 1. The molecule has 2 fully saturated rings. The van der Waals surface area contributed by atoms with Gasteiger partial charge in [0.1, 0.15) is 11.6 Å². The van der Waals surface area contributed by atoms with Gasteiger partial charge >= 0.3 is 6.18 Å². The van der Waals surface area contributed by atoms with Gasteiger partial charge in [-0.05, 0) is 48.8 Å². The van der Waals surface area contributed by atoms with E-state index in [-0.39, 0.29) is 21.2 Å². The Kier molecular flexibility index (Phi) is 6.00. The summed E-state index contributed by atoms with van der Waals surface area (Å²) in [6.45, 7) is 3.79. The van der Waals surface area contributed by atoms with Crippen molar-refractivity contribution in [2.24, 2.45) is 17.1 Å². The van der Waals surface area contributed by atoms with Crippen molar-refractivity contribution >= 4 is 29.3 Å². The van der Waals surface area contributed by atoms with Crippen molar-refractivity contribution in [2.75, 3.05) is 23.7 Å². The smallest absolute Gasteiger partial charge is 0.383 e. The van der Waals surface area contributed by atoms with Crippen molar-refractivity contribution in [3.63, 3.8) is 0 Å².